The van der Waals surface area contributed by atoms with Crippen LogP contribution in [0.4, 0.5) is 5.82 Å². The lowest BCUT2D eigenvalue weighted by Crippen LogP contribution is -2.26. The summed E-state index contributed by atoms with van der Waals surface area (Å²) in [7, 11) is 0. The van der Waals surface area contributed by atoms with E-state index in [1.54, 1.807) is 6.20 Å². The number of nitrogens with one attached hydrogen (secondary N) is 1. The second kappa shape index (κ2) is 8.41. The molecule has 1 aromatic heterocycles. The van der Waals surface area contributed by atoms with Crippen LogP contribution in [0.15, 0.2) is 72.9 Å². The van der Waals surface area contributed by atoms with E-state index in [2.05, 4.69) is 32.9 Å². The molecule has 3 aromatic rings. The molecule has 1 aliphatic rings. The molecule has 29 heavy (non-hydrogen) atoms. The van der Waals surface area contributed by atoms with Crippen LogP contribution in [0, 0.1) is 3.57 Å². The summed E-state index contributed by atoms with van der Waals surface area (Å²) in [6.45, 7) is 2.37. The molecule has 4 rings (SSSR count). The molecule has 2 aromatic carbocycles. The molecular formula is C23H21IN2O3. The second-order valence-corrected chi connectivity index (χ2v) is 8.43. The summed E-state index contributed by atoms with van der Waals surface area (Å²) < 4.78 is 12.8. The molecule has 5 nitrogen and oxygen atoms in total. The highest BCUT2D eigenvalue weighted by molar-refractivity contribution is 14.1. The SMILES string of the molecule is CC1(c2ccc(I)cc2)CC(Nc2ncccc2OCc2ccccc2)C(=O)O1. The Morgan fingerprint density at radius 2 is 1.90 bits per heavy atom. The first-order valence-corrected chi connectivity index (χ1v) is 10.5. The third kappa shape index (κ3) is 4.53. The van der Waals surface area contributed by atoms with E-state index in [0.29, 0.717) is 24.6 Å². The maximum atomic E-state index is 12.6. The third-order valence-electron chi connectivity index (χ3n) is 4.98. The van der Waals surface area contributed by atoms with Crippen molar-refractivity contribution < 1.29 is 14.3 Å². The van der Waals surface area contributed by atoms with Crippen molar-refractivity contribution in [3.8, 4) is 5.75 Å². The molecule has 148 valence electrons. The van der Waals surface area contributed by atoms with Gasteiger partial charge in [0, 0.05) is 16.2 Å². The summed E-state index contributed by atoms with van der Waals surface area (Å²) in [6.07, 6.45) is 2.19. The Labute approximate surface area is 183 Å². The number of carbonyl (C=O) groups is 1. The fourth-order valence-electron chi connectivity index (χ4n) is 3.41. The van der Waals surface area contributed by atoms with Crippen LogP contribution in [-0.4, -0.2) is 17.0 Å². The molecule has 0 aliphatic carbocycles. The van der Waals surface area contributed by atoms with Crippen molar-refractivity contribution in [2.45, 2.75) is 31.6 Å². The quantitative estimate of drug-likeness (QED) is 0.385. The van der Waals surface area contributed by atoms with Crippen molar-refractivity contribution in [1.82, 2.24) is 4.98 Å². The third-order valence-corrected chi connectivity index (χ3v) is 5.70. The van der Waals surface area contributed by atoms with Crippen molar-refractivity contribution in [3.63, 3.8) is 0 Å². The zero-order valence-electron chi connectivity index (χ0n) is 16.0. The lowest BCUT2D eigenvalue weighted by molar-refractivity contribution is -0.148. The van der Waals surface area contributed by atoms with Crippen LogP contribution in [-0.2, 0) is 21.7 Å². The van der Waals surface area contributed by atoms with Gasteiger partial charge in [0.05, 0.1) is 0 Å². The van der Waals surface area contributed by atoms with Gasteiger partial charge in [-0.2, -0.15) is 0 Å². The van der Waals surface area contributed by atoms with Crippen molar-refractivity contribution in [1.29, 1.82) is 0 Å². The topological polar surface area (TPSA) is 60.5 Å². The first-order valence-electron chi connectivity index (χ1n) is 9.41. The lowest BCUT2D eigenvalue weighted by atomic mass is 9.91. The summed E-state index contributed by atoms with van der Waals surface area (Å²) >= 11 is 2.26. The van der Waals surface area contributed by atoms with Gasteiger partial charge < -0.3 is 14.8 Å². The summed E-state index contributed by atoms with van der Waals surface area (Å²) in [5, 5.41) is 3.22. The van der Waals surface area contributed by atoms with Gasteiger partial charge >= 0.3 is 5.97 Å². The highest BCUT2D eigenvalue weighted by atomic mass is 127. The summed E-state index contributed by atoms with van der Waals surface area (Å²) in [5.74, 6) is 0.856. The number of benzene rings is 2. The maximum absolute atomic E-state index is 12.6. The summed E-state index contributed by atoms with van der Waals surface area (Å²) in [5.41, 5.74) is 1.38. The predicted octanol–water partition coefficient (Wildman–Crippen LogP) is 4.91. The number of rotatable bonds is 6. The number of hydrogen-bond acceptors (Lipinski definition) is 5. The van der Waals surface area contributed by atoms with E-state index in [4.69, 9.17) is 9.47 Å². The van der Waals surface area contributed by atoms with E-state index in [-0.39, 0.29) is 5.97 Å². The van der Waals surface area contributed by atoms with E-state index >= 15 is 0 Å². The van der Waals surface area contributed by atoms with Crippen LogP contribution in [0.1, 0.15) is 24.5 Å². The molecule has 1 saturated heterocycles. The zero-order valence-corrected chi connectivity index (χ0v) is 18.1. The summed E-state index contributed by atoms with van der Waals surface area (Å²) in [4.78, 5) is 16.9. The molecule has 6 heteroatoms. The molecule has 2 heterocycles. The average molecular weight is 500 g/mol. The van der Waals surface area contributed by atoms with Gasteiger partial charge in [0.1, 0.15) is 18.2 Å². The number of aromatic nitrogens is 1. The molecule has 0 saturated carbocycles. The van der Waals surface area contributed by atoms with Gasteiger partial charge in [0.2, 0.25) is 0 Å². The van der Waals surface area contributed by atoms with Crippen molar-refractivity contribution in [2.75, 3.05) is 5.32 Å². The van der Waals surface area contributed by atoms with Crippen molar-refractivity contribution in [3.05, 3.63) is 87.6 Å². The molecule has 0 spiro atoms. The molecule has 0 radical (unpaired) electrons. The second-order valence-electron chi connectivity index (χ2n) is 7.18. The normalized spacial score (nSPS) is 20.9. The molecule has 2 atom stereocenters. The Bertz CT molecular complexity index is 995. The van der Waals surface area contributed by atoms with Gasteiger partial charge in [-0.1, -0.05) is 42.5 Å². The number of esters is 1. The van der Waals surface area contributed by atoms with Crippen molar-refractivity contribution >= 4 is 34.4 Å². The Hall–Kier alpha value is -2.61. The zero-order chi connectivity index (χ0) is 20.3. The smallest absolute Gasteiger partial charge is 0.329 e. The average Bonchev–Trinajstić information content (AvgIpc) is 3.03. The molecule has 2 unspecified atom stereocenters. The minimum absolute atomic E-state index is 0.286. The number of halogens is 1. The molecular weight excluding hydrogens is 479 g/mol. The Morgan fingerprint density at radius 3 is 2.66 bits per heavy atom. The minimum Gasteiger partial charge on any atom is -0.485 e. The number of anilines is 1. The maximum Gasteiger partial charge on any atom is 0.329 e. The Morgan fingerprint density at radius 1 is 1.14 bits per heavy atom. The van der Waals surface area contributed by atoms with Crippen LogP contribution in [0.3, 0.4) is 0 Å². The van der Waals surface area contributed by atoms with Gasteiger partial charge in [0.25, 0.3) is 0 Å². The summed E-state index contributed by atoms with van der Waals surface area (Å²) in [6, 6.07) is 21.1. The van der Waals surface area contributed by atoms with Crippen LogP contribution in [0.2, 0.25) is 0 Å². The van der Waals surface area contributed by atoms with Crippen LogP contribution in [0.5, 0.6) is 5.75 Å². The largest absolute Gasteiger partial charge is 0.485 e. The number of pyridine rings is 1. The molecule has 0 bridgehead atoms. The highest BCUT2D eigenvalue weighted by Gasteiger charge is 2.45. The van der Waals surface area contributed by atoms with E-state index < -0.39 is 11.6 Å². The first-order chi connectivity index (χ1) is 14.0. The molecule has 1 N–H and O–H groups in total. The van der Waals surface area contributed by atoms with E-state index in [1.807, 2.05) is 73.7 Å². The van der Waals surface area contributed by atoms with E-state index in [0.717, 1.165) is 14.7 Å². The number of hydrogen-bond donors (Lipinski definition) is 1. The monoisotopic (exact) mass is 500 g/mol. The van der Waals surface area contributed by atoms with Crippen molar-refractivity contribution in [2.24, 2.45) is 0 Å². The standard InChI is InChI=1S/C23H21IN2O3/c1-23(17-9-11-18(24)12-10-17)14-19(22(27)29-23)26-21-20(8-5-13-25-21)28-15-16-6-3-2-4-7-16/h2-13,19H,14-15H2,1H3,(H,25,26). The van der Waals surface area contributed by atoms with E-state index in [9.17, 15) is 4.79 Å². The van der Waals surface area contributed by atoms with Gasteiger partial charge in [-0.25, -0.2) is 9.78 Å². The molecule has 1 aliphatic heterocycles. The molecule has 1 fully saturated rings. The lowest BCUT2D eigenvalue weighted by Gasteiger charge is -2.23. The number of cyclic esters (lactones) is 1. The number of nitrogens with zero attached hydrogens (tertiary/aromatic N) is 1. The van der Waals surface area contributed by atoms with Crippen LogP contribution < -0.4 is 10.1 Å². The number of carbonyl (C=O) groups excluding carboxylic acids is 1. The fourth-order valence-corrected chi connectivity index (χ4v) is 3.77. The predicted molar refractivity (Wildman–Crippen MR) is 120 cm³/mol. The van der Waals surface area contributed by atoms with Crippen LogP contribution in [0.25, 0.3) is 0 Å². The number of ether oxygens (including phenoxy) is 2. The van der Waals surface area contributed by atoms with Gasteiger partial charge in [-0.15, -0.1) is 0 Å². The fraction of sp³-hybridized carbons (Fsp3) is 0.217. The van der Waals surface area contributed by atoms with Gasteiger partial charge in [0.15, 0.2) is 11.6 Å². The minimum atomic E-state index is -0.668. The van der Waals surface area contributed by atoms with E-state index in [1.165, 1.54) is 0 Å². The Balaban J connectivity index is 1.48. The first kappa shape index (κ1) is 19.7. The van der Waals surface area contributed by atoms with Gasteiger partial charge in [-0.05, 0) is 64.9 Å². The highest BCUT2D eigenvalue weighted by Crippen LogP contribution is 2.38. The van der Waals surface area contributed by atoms with Crippen LogP contribution >= 0.6 is 22.6 Å². The Kier molecular flexibility index (Phi) is 5.71. The molecule has 0 amide bonds. The van der Waals surface area contributed by atoms with Gasteiger partial charge in [-0.3, -0.25) is 0 Å².